The van der Waals surface area contributed by atoms with Crippen LogP contribution in [0.25, 0.3) is 17.4 Å². The van der Waals surface area contributed by atoms with Crippen molar-refractivity contribution in [3.8, 4) is 11.3 Å². The van der Waals surface area contributed by atoms with Crippen LogP contribution in [0.15, 0.2) is 80.1 Å². The standard InChI is InChI=1S/C26H17Cl3N2O4S/c1-13-22(25(33)34-2)23(14-3-5-15(27)6-4-14)31-24(32)21(36-26(31)30-13)12-17-8-10-20(35-17)18-9-7-16(28)11-19(18)29/h3-12,23H,1-2H3/b21-12-. The number of hydrogen-bond donors (Lipinski definition) is 0. The number of nitrogens with zero attached hydrogens (tertiary/aromatic N) is 2. The van der Waals surface area contributed by atoms with Crippen LogP contribution in [0.4, 0.5) is 0 Å². The lowest BCUT2D eigenvalue weighted by atomic mass is 9.96. The Labute approximate surface area is 224 Å². The monoisotopic (exact) mass is 558 g/mol. The van der Waals surface area contributed by atoms with E-state index in [0.717, 1.165) is 0 Å². The molecule has 3 heterocycles. The summed E-state index contributed by atoms with van der Waals surface area (Å²) in [4.78, 5) is 31.3. The number of carbonyl (C=O) groups excluding carboxylic acids is 1. The molecule has 0 spiro atoms. The summed E-state index contributed by atoms with van der Waals surface area (Å²) in [6.45, 7) is 1.72. The van der Waals surface area contributed by atoms with Crippen molar-refractivity contribution >= 4 is 58.2 Å². The summed E-state index contributed by atoms with van der Waals surface area (Å²) in [6, 6.07) is 14.9. The van der Waals surface area contributed by atoms with Gasteiger partial charge in [-0.3, -0.25) is 9.36 Å². The van der Waals surface area contributed by atoms with Crippen molar-refractivity contribution < 1.29 is 13.9 Å². The smallest absolute Gasteiger partial charge is 0.338 e. The molecule has 10 heteroatoms. The molecule has 0 N–H and O–H groups in total. The highest BCUT2D eigenvalue weighted by Crippen LogP contribution is 2.33. The Bertz CT molecular complexity index is 1710. The van der Waals surface area contributed by atoms with Crippen molar-refractivity contribution in [2.45, 2.75) is 13.0 Å². The molecule has 0 fully saturated rings. The van der Waals surface area contributed by atoms with Crippen molar-refractivity contribution in [2.24, 2.45) is 4.99 Å². The first-order valence-corrected chi connectivity index (χ1v) is 12.6. The van der Waals surface area contributed by atoms with Crippen molar-refractivity contribution in [3.05, 3.63) is 112 Å². The molecule has 0 saturated heterocycles. The largest absolute Gasteiger partial charge is 0.466 e. The summed E-state index contributed by atoms with van der Waals surface area (Å²) in [5.74, 6) is 0.452. The average molecular weight is 560 g/mol. The Morgan fingerprint density at radius 1 is 1.08 bits per heavy atom. The fourth-order valence-electron chi connectivity index (χ4n) is 4.05. The topological polar surface area (TPSA) is 73.8 Å². The minimum absolute atomic E-state index is 0.288. The van der Waals surface area contributed by atoms with E-state index in [-0.39, 0.29) is 11.1 Å². The molecule has 0 radical (unpaired) electrons. The van der Waals surface area contributed by atoms with Gasteiger partial charge >= 0.3 is 5.97 Å². The van der Waals surface area contributed by atoms with Crippen LogP contribution < -0.4 is 14.9 Å². The molecule has 5 rings (SSSR count). The first-order chi connectivity index (χ1) is 17.3. The van der Waals surface area contributed by atoms with E-state index in [4.69, 9.17) is 44.0 Å². The maximum atomic E-state index is 13.6. The van der Waals surface area contributed by atoms with Crippen LogP contribution in [0.1, 0.15) is 24.3 Å². The van der Waals surface area contributed by atoms with Crippen LogP contribution in [0.3, 0.4) is 0 Å². The Hall–Kier alpha value is -3.10. The van der Waals surface area contributed by atoms with Gasteiger partial charge in [0.25, 0.3) is 5.56 Å². The molecule has 0 saturated carbocycles. The molecule has 36 heavy (non-hydrogen) atoms. The zero-order valence-electron chi connectivity index (χ0n) is 18.9. The summed E-state index contributed by atoms with van der Waals surface area (Å²) >= 11 is 19.6. The van der Waals surface area contributed by atoms with Crippen molar-refractivity contribution in [2.75, 3.05) is 7.11 Å². The Balaban J connectivity index is 1.64. The fourth-order valence-corrected chi connectivity index (χ4v) is 5.70. The van der Waals surface area contributed by atoms with Gasteiger partial charge in [0.1, 0.15) is 11.5 Å². The number of carbonyl (C=O) groups is 1. The maximum absolute atomic E-state index is 13.6. The Morgan fingerprint density at radius 2 is 1.81 bits per heavy atom. The fraction of sp³-hybridized carbons (Fsp3) is 0.115. The molecule has 1 atom stereocenters. The van der Waals surface area contributed by atoms with Crippen LogP contribution in [-0.2, 0) is 9.53 Å². The molecule has 4 aromatic rings. The van der Waals surface area contributed by atoms with Gasteiger partial charge in [0.2, 0.25) is 0 Å². The van der Waals surface area contributed by atoms with Crippen LogP contribution in [0, 0.1) is 0 Å². The molecular weight excluding hydrogens is 543 g/mol. The lowest BCUT2D eigenvalue weighted by Crippen LogP contribution is -2.39. The van der Waals surface area contributed by atoms with Gasteiger partial charge in [-0.25, -0.2) is 9.79 Å². The lowest BCUT2D eigenvalue weighted by Gasteiger charge is -2.24. The predicted molar refractivity (Wildman–Crippen MR) is 141 cm³/mol. The quantitative estimate of drug-likeness (QED) is 0.304. The SMILES string of the molecule is COC(=O)C1=C(C)N=c2s/c(=C\c3ccc(-c4ccc(Cl)cc4Cl)o3)c(=O)n2C1c1ccc(Cl)cc1. The number of ether oxygens (including phenoxy) is 1. The Kier molecular flexibility index (Phi) is 6.66. The third-order valence-corrected chi connectivity index (χ3v) is 7.49. The molecule has 2 aromatic carbocycles. The molecule has 1 unspecified atom stereocenters. The predicted octanol–water partition coefficient (Wildman–Crippen LogP) is 5.63. The molecule has 182 valence electrons. The summed E-state index contributed by atoms with van der Waals surface area (Å²) in [5, 5.41) is 1.52. The average Bonchev–Trinajstić information content (AvgIpc) is 3.43. The number of furan rings is 1. The molecule has 2 aromatic heterocycles. The zero-order chi connectivity index (χ0) is 25.6. The number of fused-ring (bicyclic) bond motifs is 1. The molecule has 0 aliphatic carbocycles. The first kappa shape index (κ1) is 24.6. The number of halogens is 3. The van der Waals surface area contributed by atoms with Crippen molar-refractivity contribution in [3.63, 3.8) is 0 Å². The number of allylic oxidation sites excluding steroid dienone is 1. The number of methoxy groups -OCH3 is 1. The minimum atomic E-state index is -0.715. The van der Waals surface area contributed by atoms with Crippen LogP contribution in [0.5, 0.6) is 0 Å². The van der Waals surface area contributed by atoms with E-state index in [1.807, 2.05) is 0 Å². The zero-order valence-corrected chi connectivity index (χ0v) is 22.0. The first-order valence-electron chi connectivity index (χ1n) is 10.7. The highest BCUT2D eigenvalue weighted by molar-refractivity contribution is 7.07. The van der Waals surface area contributed by atoms with Gasteiger partial charge in [-0.15, -0.1) is 0 Å². The molecule has 6 nitrogen and oxygen atoms in total. The molecule has 0 bridgehead atoms. The van der Waals surface area contributed by atoms with E-state index in [9.17, 15) is 9.59 Å². The highest BCUT2D eigenvalue weighted by atomic mass is 35.5. The van der Waals surface area contributed by atoms with Crippen LogP contribution in [-0.4, -0.2) is 17.6 Å². The number of aromatic nitrogens is 1. The molecule has 1 aliphatic heterocycles. The second-order valence-electron chi connectivity index (χ2n) is 7.95. The van der Waals surface area contributed by atoms with E-state index in [2.05, 4.69) is 4.99 Å². The number of thiazole rings is 1. The maximum Gasteiger partial charge on any atom is 0.338 e. The van der Waals surface area contributed by atoms with Gasteiger partial charge in [0.05, 0.1) is 34.0 Å². The Morgan fingerprint density at radius 3 is 2.50 bits per heavy atom. The summed E-state index contributed by atoms with van der Waals surface area (Å²) in [5.41, 5.74) is 1.85. The van der Waals surface area contributed by atoms with Gasteiger partial charge in [0, 0.05) is 21.7 Å². The van der Waals surface area contributed by atoms with Crippen molar-refractivity contribution in [1.29, 1.82) is 0 Å². The van der Waals surface area contributed by atoms with Gasteiger partial charge in [-0.2, -0.15) is 0 Å². The lowest BCUT2D eigenvalue weighted by molar-refractivity contribution is -0.136. The third-order valence-electron chi connectivity index (χ3n) is 5.71. The van der Waals surface area contributed by atoms with E-state index in [1.165, 1.54) is 23.0 Å². The van der Waals surface area contributed by atoms with Crippen LogP contribution >= 0.6 is 46.1 Å². The van der Waals surface area contributed by atoms with Gasteiger partial charge in [-0.1, -0.05) is 58.3 Å². The summed E-state index contributed by atoms with van der Waals surface area (Å²) in [7, 11) is 1.30. The van der Waals surface area contributed by atoms with E-state index < -0.39 is 12.0 Å². The van der Waals surface area contributed by atoms with E-state index >= 15 is 0 Å². The number of hydrogen-bond acceptors (Lipinski definition) is 6. The number of rotatable bonds is 4. The second-order valence-corrected chi connectivity index (χ2v) is 10.2. The van der Waals surface area contributed by atoms with E-state index in [0.29, 0.717) is 52.7 Å². The van der Waals surface area contributed by atoms with Crippen LogP contribution in [0.2, 0.25) is 15.1 Å². The highest BCUT2D eigenvalue weighted by Gasteiger charge is 2.33. The van der Waals surface area contributed by atoms with Gasteiger partial charge in [0.15, 0.2) is 4.80 Å². The third kappa shape index (κ3) is 4.44. The minimum Gasteiger partial charge on any atom is -0.466 e. The normalized spacial score (nSPS) is 15.6. The second kappa shape index (κ2) is 9.75. The molecular formula is C26H17Cl3N2O4S. The molecule has 1 aliphatic rings. The number of esters is 1. The summed E-state index contributed by atoms with van der Waals surface area (Å²) in [6.07, 6.45) is 1.65. The number of benzene rings is 2. The van der Waals surface area contributed by atoms with E-state index in [1.54, 1.807) is 67.6 Å². The summed E-state index contributed by atoms with van der Waals surface area (Å²) < 4.78 is 12.9. The molecule has 0 amide bonds. The van der Waals surface area contributed by atoms with Gasteiger partial charge in [-0.05, 0) is 55.0 Å². The van der Waals surface area contributed by atoms with Crippen molar-refractivity contribution in [1.82, 2.24) is 4.57 Å². The van der Waals surface area contributed by atoms with Gasteiger partial charge < -0.3 is 9.15 Å².